The van der Waals surface area contributed by atoms with E-state index in [9.17, 15) is 67.7 Å². The third-order valence-corrected chi connectivity index (χ3v) is 5.14. The zero-order valence-electron chi connectivity index (χ0n) is 15.6. The Hall–Kier alpha value is -1.71. The van der Waals surface area contributed by atoms with Crippen molar-refractivity contribution in [2.24, 2.45) is 5.92 Å². The molecule has 1 aliphatic rings. The van der Waals surface area contributed by atoms with Crippen LogP contribution in [-0.4, -0.2) is 57.2 Å². The number of carboxylic acids is 1. The van der Waals surface area contributed by atoms with Crippen LogP contribution >= 0.6 is 0 Å². The van der Waals surface area contributed by atoms with Crippen molar-refractivity contribution < 1.29 is 72.8 Å². The van der Waals surface area contributed by atoms with Crippen LogP contribution in [0.15, 0.2) is 11.1 Å². The van der Waals surface area contributed by atoms with Crippen LogP contribution < -0.4 is 0 Å². The zero-order chi connectivity index (χ0) is 25.6. The van der Waals surface area contributed by atoms with Crippen LogP contribution in [0.4, 0.5) is 52.7 Å². The van der Waals surface area contributed by atoms with E-state index < -0.39 is 65.4 Å². The van der Waals surface area contributed by atoms with E-state index in [4.69, 9.17) is 5.11 Å². The summed E-state index contributed by atoms with van der Waals surface area (Å²) in [6.07, 6.45) is -30.3. The molecule has 0 unspecified atom stereocenters. The number of hydrogen-bond acceptors (Lipinski definition) is 3. The average Bonchev–Trinajstić information content (AvgIpc) is 2.57. The zero-order valence-corrected chi connectivity index (χ0v) is 15.6. The monoisotopic (exact) mass is 500 g/mol. The highest BCUT2D eigenvalue weighted by Crippen LogP contribution is 2.59. The summed E-state index contributed by atoms with van der Waals surface area (Å²) in [4.78, 5) is 11.5. The van der Waals surface area contributed by atoms with Crippen LogP contribution in [0.25, 0.3) is 0 Å². The summed E-state index contributed by atoms with van der Waals surface area (Å²) in [5, 5.41) is 28.0. The van der Waals surface area contributed by atoms with Gasteiger partial charge in [0.2, 0.25) is 0 Å². The van der Waals surface area contributed by atoms with Gasteiger partial charge in [-0.25, -0.2) is 4.79 Å². The Morgan fingerprint density at radius 1 is 0.656 bits per heavy atom. The van der Waals surface area contributed by atoms with Crippen LogP contribution in [-0.2, 0) is 4.79 Å². The molecule has 3 N–H and O–H groups in total. The van der Waals surface area contributed by atoms with Crippen molar-refractivity contribution in [3.05, 3.63) is 11.1 Å². The smallest absolute Gasteiger partial charge is 0.430 e. The molecule has 32 heavy (non-hydrogen) atoms. The first-order valence-electron chi connectivity index (χ1n) is 8.72. The van der Waals surface area contributed by atoms with E-state index in [1.54, 1.807) is 0 Å². The van der Waals surface area contributed by atoms with Gasteiger partial charge in [-0.3, -0.25) is 0 Å². The molecule has 0 aromatic heterocycles. The van der Waals surface area contributed by atoms with Gasteiger partial charge in [0.25, 0.3) is 11.2 Å². The molecule has 0 amide bonds. The molecule has 0 radical (unpaired) electrons. The summed E-state index contributed by atoms with van der Waals surface area (Å²) in [7, 11) is 0. The molecule has 1 aliphatic carbocycles. The SMILES string of the molecule is O=C(O)C(CC1CCCCC1)=C(C(O)(C(F)(F)F)C(F)(F)F)C(O)(C(F)(F)F)C(F)(F)F. The predicted molar refractivity (Wildman–Crippen MR) is 80.0 cm³/mol. The summed E-state index contributed by atoms with van der Waals surface area (Å²) in [6, 6.07) is 0. The van der Waals surface area contributed by atoms with Gasteiger partial charge < -0.3 is 15.3 Å². The van der Waals surface area contributed by atoms with Crippen LogP contribution in [0.5, 0.6) is 0 Å². The highest BCUT2D eigenvalue weighted by Gasteiger charge is 2.84. The highest BCUT2D eigenvalue weighted by atomic mass is 19.4. The summed E-state index contributed by atoms with van der Waals surface area (Å²) in [6.45, 7) is 0. The van der Waals surface area contributed by atoms with E-state index in [1.807, 2.05) is 0 Å². The van der Waals surface area contributed by atoms with Crippen molar-refractivity contribution in [2.75, 3.05) is 0 Å². The maximum Gasteiger partial charge on any atom is 0.430 e. The molecule has 0 atom stereocenters. The van der Waals surface area contributed by atoms with Crippen LogP contribution in [0.2, 0.25) is 0 Å². The molecule has 0 spiro atoms. The lowest BCUT2D eigenvalue weighted by atomic mass is 9.73. The summed E-state index contributed by atoms with van der Waals surface area (Å²) >= 11 is 0. The summed E-state index contributed by atoms with van der Waals surface area (Å²) in [5.41, 5.74) is -20.9. The van der Waals surface area contributed by atoms with Gasteiger partial charge in [0.1, 0.15) is 0 Å². The Kier molecular flexibility index (Phi) is 7.59. The fourth-order valence-corrected chi connectivity index (χ4v) is 3.56. The van der Waals surface area contributed by atoms with E-state index in [-0.39, 0.29) is 25.7 Å². The van der Waals surface area contributed by atoms with Crippen molar-refractivity contribution in [1.82, 2.24) is 0 Å². The molecule has 16 heteroatoms. The Labute approximate surface area is 171 Å². The van der Waals surface area contributed by atoms with E-state index in [1.165, 1.54) is 0 Å². The Morgan fingerprint density at radius 3 is 1.22 bits per heavy atom. The van der Waals surface area contributed by atoms with Crippen LogP contribution in [0.3, 0.4) is 0 Å². The molecule has 0 aromatic carbocycles. The maximum atomic E-state index is 13.3. The fraction of sp³-hybridized carbons (Fsp3) is 0.812. The fourth-order valence-electron chi connectivity index (χ4n) is 3.56. The van der Waals surface area contributed by atoms with Gasteiger partial charge in [-0.05, 0) is 12.3 Å². The second-order valence-electron chi connectivity index (χ2n) is 7.28. The van der Waals surface area contributed by atoms with Crippen molar-refractivity contribution in [3.63, 3.8) is 0 Å². The number of hydrogen-bond donors (Lipinski definition) is 3. The lowest BCUT2D eigenvalue weighted by molar-refractivity contribution is -0.392. The minimum absolute atomic E-state index is 0.128. The molecule has 0 aromatic rings. The first kappa shape index (κ1) is 28.3. The maximum absolute atomic E-state index is 13.3. The van der Waals surface area contributed by atoms with Gasteiger partial charge in [0.05, 0.1) is 0 Å². The van der Waals surface area contributed by atoms with E-state index in [0.29, 0.717) is 6.42 Å². The first-order chi connectivity index (χ1) is 14.0. The third kappa shape index (κ3) is 4.79. The lowest BCUT2D eigenvalue weighted by Gasteiger charge is -2.44. The predicted octanol–water partition coefficient (Wildman–Crippen LogP) is 5.05. The highest BCUT2D eigenvalue weighted by molar-refractivity contribution is 5.89. The molecule has 0 aliphatic heterocycles. The molecular formula is C16H16F12O4. The molecule has 4 nitrogen and oxygen atoms in total. The van der Waals surface area contributed by atoms with Crippen molar-refractivity contribution in [2.45, 2.75) is 74.4 Å². The molecule has 0 saturated heterocycles. The van der Waals surface area contributed by atoms with Gasteiger partial charge in [-0.2, -0.15) is 52.7 Å². The average molecular weight is 500 g/mol. The van der Waals surface area contributed by atoms with Gasteiger partial charge in [-0.15, -0.1) is 0 Å². The van der Waals surface area contributed by atoms with E-state index >= 15 is 0 Å². The first-order valence-corrected chi connectivity index (χ1v) is 8.72. The molecule has 0 bridgehead atoms. The quantitative estimate of drug-likeness (QED) is 0.365. The van der Waals surface area contributed by atoms with Crippen molar-refractivity contribution in [3.8, 4) is 0 Å². The molecule has 1 rings (SSSR count). The number of halogens is 12. The van der Waals surface area contributed by atoms with Crippen molar-refractivity contribution in [1.29, 1.82) is 0 Å². The number of aliphatic hydroxyl groups is 2. The number of rotatable bonds is 5. The molecule has 1 saturated carbocycles. The van der Waals surface area contributed by atoms with E-state index in [2.05, 4.69) is 0 Å². The third-order valence-electron chi connectivity index (χ3n) is 5.14. The second kappa shape index (κ2) is 8.57. The van der Waals surface area contributed by atoms with Gasteiger partial charge in [0, 0.05) is 11.1 Å². The van der Waals surface area contributed by atoms with Gasteiger partial charge >= 0.3 is 30.7 Å². The number of aliphatic carboxylic acids is 1. The minimum atomic E-state index is -7.33. The van der Waals surface area contributed by atoms with Gasteiger partial charge in [0.15, 0.2) is 0 Å². The minimum Gasteiger partial charge on any atom is -0.478 e. The Bertz CT molecular complexity index is 655. The topological polar surface area (TPSA) is 77.8 Å². The van der Waals surface area contributed by atoms with E-state index in [0.717, 1.165) is 0 Å². The van der Waals surface area contributed by atoms with Gasteiger partial charge in [-0.1, -0.05) is 32.1 Å². The molecule has 188 valence electrons. The molecule has 1 fully saturated rings. The number of carboxylic acid groups (broad SMARTS) is 1. The molecule has 0 heterocycles. The molecular weight excluding hydrogens is 484 g/mol. The van der Waals surface area contributed by atoms with Crippen LogP contribution in [0.1, 0.15) is 38.5 Å². The Balaban J connectivity index is 4.24. The second-order valence-corrected chi connectivity index (χ2v) is 7.28. The largest absolute Gasteiger partial charge is 0.478 e. The standard InChI is InChI=1S/C16H16F12O4/c17-13(18,19)11(31,14(20,21)22)9(12(32,15(23,24)25)16(26,27)28)8(10(29)30)6-7-4-2-1-3-5-7/h7,31-32H,1-6H2,(H,29,30). The summed E-state index contributed by atoms with van der Waals surface area (Å²) < 4.78 is 160. The summed E-state index contributed by atoms with van der Waals surface area (Å²) in [5.74, 6) is -4.23. The number of carbonyl (C=O) groups is 1. The Morgan fingerprint density at radius 2 is 0.969 bits per heavy atom. The van der Waals surface area contributed by atoms with Crippen molar-refractivity contribution >= 4 is 5.97 Å². The number of alkyl halides is 12. The lowest BCUT2D eigenvalue weighted by Crippen LogP contribution is -2.70. The van der Waals surface area contributed by atoms with Crippen LogP contribution in [0, 0.1) is 5.92 Å². The normalized spacial score (nSPS) is 17.9.